The van der Waals surface area contributed by atoms with E-state index < -0.39 is 23.8 Å². The van der Waals surface area contributed by atoms with Gasteiger partial charge in [-0.2, -0.15) is 4.52 Å². The van der Waals surface area contributed by atoms with Crippen LogP contribution in [-0.4, -0.2) is 67.1 Å². The number of hydrogen-bond acceptors (Lipinski definition) is 8. The molecule has 0 bridgehead atoms. The first-order chi connectivity index (χ1) is 16.8. The number of rotatable bonds is 5. The molecule has 13 heteroatoms. The third kappa shape index (κ3) is 4.11. The molecule has 1 aromatic carbocycles. The van der Waals surface area contributed by atoms with Crippen LogP contribution >= 0.6 is 0 Å². The first-order valence-corrected chi connectivity index (χ1v) is 10.9. The van der Waals surface area contributed by atoms with Crippen LogP contribution in [0.15, 0.2) is 24.3 Å². The molecule has 0 spiro atoms. The number of alkyl halides is 2. The van der Waals surface area contributed by atoms with Crippen molar-refractivity contribution in [2.24, 2.45) is 0 Å². The number of nitrogens with zero attached hydrogens (tertiary/aromatic N) is 7. The molecular weight excluding hydrogens is 465 g/mol. The van der Waals surface area contributed by atoms with Crippen molar-refractivity contribution < 1.29 is 22.7 Å². The molecule has 10 nitrogen and oxygen atoms in total. The van der Waals surface area contributed by atoms with Gasteiger partial charge in [0.1, 0.15) is 17.5 Å². The van der Waals surface area contributed by atoms with Crippen LogP contribution in [-0.2, 0) is 4.74 Å². The number of anilines is 1. The van der Waals surface area contributed by atoms with E-state index in [2.05, 4.69) is 30.8 Å². The summed E-state index contributed by atoms with van der Waals surface area (Å²) in [6.07, 6.45) is -2.94. The molecule has 5 rings (SSSR count). The number of fused-ring (bicyclic) bond motifs is 3. The summed E-state index contributed by atoms with van der Waals surface area (Å²) in [6.45, 7) is 5.00. The molecule has 0 aliphatic carbocycles. The second kappa shape index (κ2) is 9.06. The number of halogens is 3. The quantitative estimate of drug-likeness (QED) is 0.458. The summed E-state index contributed by atoms with van der Waals surface area (Å²) >= 11 is 0. The Morgan fingerprint density at radius 3 is 2.63 bits per heavy atom. The number of carbonyl (C=O) groups excluding carboxylic acids is 1. The first-order valence-electron chi connectivity index (χ1n) is 10.9. The summed E-state index contributed by atoms with van der Waals surface area (Å²) in [5, 5.41) is 15.2. The Hall–Kier alpha value is -3.87. The van der Waals surface area contributed by atoms with E-state index in [-0.39, 0.29) is 28.5 Å². The van der Waals surface area contributed by atoms with Crippen LogP contribution in [0.3, 0.4) is 0 Å². The number of benzene rings is 1. The summed E-state index contributed by atoms with van der Waals surface area (Å²) in [6, 6.07) is 4.74. The number of aromatic nitrogens is 6. The lowest BCUT2D eigenvalue weighted by Gasteiger charge is -2.27. The number of aryl methyl sites for hydroxylation is 1. The average Bonchev–Trinajstić information content (AvgIpc) is 3.34. The Kier molecular flexibility index (Phi) is 5.93. The number of pyridine rings is 1. The molecule has 1 N–H and O–H groups in total. The van der Waals surface area contributed by atoms with Gasteiger partial charge in [0.15, 0.2) is 11.3 Å². The van der Waals surface area contributed by atoms with Gasteiger partial charge >= 0.3 is 0 Å². The lowest BCUT2D eigenvalue weighted by Crippen LogP contribution is -2.40. The largest absolute Gasteiger partial charge is 0.378 e. The predicted molar refractivity (Wildman–Crippen MR) is 119 cm³/mol. The third-order valence-electron chi connectivity index (χ3n) is 5.88. The Bertz CT molecular complexity index is 1420. The molecule has 1 fully saturated rings. The second-order valence-corrected chi connectivity index (χ2v) is 8.15. The van der Waals surface area contributed by atoms with Crippen LogP contribution in [0.4, 0.5) is 19.0 Å². The van der Waals surface area contributed by atoms with Gasteiger partial charge < -0.3 is 15.0 Å². The maximum Gasteiger partial charge on any atom is 0.266 e. The summed E-state index contributed by atoms with van der Waals surface area (Å²) < 4.78 is 47.9. The Labute approximate surface area is 197 Å². The fourth-order valence-electron chi connectivity index (χ4n) is 4.13. The number of tetrazole rings is 1. The van der Waals surface area contributed by atoms with Crippen LogP contribution in [0.5, 0.6) is 0 Å². The molecule has 4 heterocycles. The fraction of sp³-hybridized carbons (Fsp3) is 0.364. The number of hydrogen-bond donors (Lipinski definition) is 1. The van der Waals surface area contributed by atoms with E-state index in [1.165, 1.54) is 16.6 Å². The highest BCUT2D eigenvalue weighted by molar-refractivity contribution is 6.04. The maximum atomic E-state index is 14.8. The molecule has 4 aromatic rings. The van der Waals surface area contributed by atoms with Crippen molar-refractivity contribution in [3.05, 3.63) is 52.6 Å². The van der Waals surface area contributed by atoms with E-state index in [1.807, 2.05) is 0 Å². The van der Waals surface area contributed by atoms with E-state index in [0.717, 1.165) is 6.07 Å². The number of amides is 1. The van der Waals surface area contributed by atoms with Gasteiger partial charge in [-0.1, -0.05) is 18.2 Å². The minimum atomic E-state index is -2.94. The second-order valence-electron chi connectivity index (χ2n) is 8.15. The van der Waals surface area contributed by atoms with Crippen molar-refractivity contribution in [3.63, 3.8) is 0 Å². The topological polar surface area (TPSA) is 110 Å². The molecule has 0 radical (unpaired) electrons. The van der Waals surface area contributed by atoms with Gasteiger partial charge in [0.2, 0.25) is 0 Å². The van der Waals surface area contributed by atoms with Crippen molar-refractivity contribution in [1.29, 1.82) is 0 Å². The molecule has 0 saturated carbocycles. The standard InChI is InChI=1S/C22H21F3N8O2/c1-11(13-4-3-5-14(17(13)23)18(24)25)26-19-15-10-16(22(34)32-6-8-35-9-7-32)21-29-30-31-33(21)20(15)28-12(2)27-19/h3-5,10-11,18H,6-9H2,1-2H3,(H,26,27,28)/t11-/m1/s1. The number of morpholine rings is 1. The number of carbonyl (C=O) groups is 1. The van der Waals surface area contributed by atoms with Gasteiger partial charge in [-0.05, 0) is 30.3 Å². The molecule has 3 aromatic heterocycles. The average molecular weight is 486 g/mol. The molecule has 1 aliphatic heterocycles. The van der Waals surface area contributed by atoms with Gasteiger partial charge in [-0.3, -0.25) is 4.79 Å². The zero-order valence-corrected chi connectivity index (χ0v) is 18.9. The highest BCUT2D eigenvalue weighted by atomic mass is 19.3. The fourth-order valence-corrected chi connectivity index (χ4v) is 4.13. The minimum Gasteiger partial charge on any atom is -0.378 e. The SMILES string of the molecule is Cc1nc(N[C@H](C)c2cccc(C(F)F)c2F)c2cc(C(=O)N3CCOCC3)c3nnnn3c2n1. The summed E-state index contributed by atoms with van der Waals surface area (Å²) in [7, 11) is 0. The molecule has 35 heavy (non-hydrogen) atoms. The molecule has 1 amide bonds. The van der Waals surface area contributed by atoms with E-state index in [1.54, 1.807) is 24.8 Å². The normalized spacial score (nSPS) is 15.2. The monoisotopic (exact) mass is 486 g/mol. The minimum absolute atomic E-state index is 0.0559. The van der Waals surface area contributed by atoms with E-state index in [9.17, 15) is 18.0 Å². The van der Waals surface area contributed by atoms with Crippen LogP contribution in [0, 0.1) is 12.7 Å². The van der Waals surface area contributed by atoms with Crippen molar-refractivity contribution in [2.75, 3.05) is 31.6 Å². The predicted octanol–water partition coefficient (Wildman–Crippen LogP) is 3.10. The van der Waals surface area contributed by atoms with Gasteiger partial charge in [0, 0.05) is 18.7 Å². The highest BCUT2D eigenvalue weighted by Crippen LogP contribution is 2.31. The Morgan fingerprint density at radius 1 is 1.14 bits per heavy atom. The molecule has 1 atom stereocenters. The first kappa shape index (κ1) is 22.9. The Morgan fingerprint density at radius 2 is 1.89 bits per heavy atom. The van der Waals surface area contributed by atoms with E-state index in [0.29, 0.717) is 43.2 Å². The smallest absolute Gasteiger partial charge is 0.266 e. The van der Waals surface area contributed by atoms with Crippen molar-refractivity contribution in [1.82, 2.24) is 34.9 Å². The zero-order chi connectivity index (χ0) is 24.7. The molecule has 0 unspecified atom stereocenters. The third-order valence-corrected chi connectivity index (χ3v) is 5.88. The summed E-state index contributed by atoms with van der Waals surface area (Å²) in [4.78, 5) is 23.8. The number of ether oxygens (including phenoxy) is 1. The van der Waals surface area contributed by atoms with Crippen molar-refractivity contribution in [2.45, 2.75) is 26.3 Å². The van der Waals surface area contributed by atoms with E-state index in [4.69, 9.17) is 4.74 Å². The Balaban J connectivity index is 1.61. The van der Waals surface area contributed by atoms with Gasteiger partial charge in [0.05, 0.1) is 35.8 Å². The summed E-state index contributed by atoms with van der Waals surface area (Å²) in [5.74, 6) is -0.595. The van der Waals surface area contributed by atoms with Crippen LogP contribution < -0.4 is 5.32 Å². The molecule has 1 saturated heterocycles. The van der Waals surface area contributed by atoms with Crippen LogP contribution in [0.1, 0.15) is 46.7 Å². The van der Waals surface area contributed by atoms with Crippen molar-refractivity contribution in [3.8, 4) is 0 Å². The zero-order valence-electron chi connectivity index (χ0n) is 18.9. The summed E-state index contributed by atoms with van der Waals surface area (Å²) in [5.41, 5.74) is 0.210. The lowest BCUT2D eigenvalue weighted by atomic mass is 10.0. The van der Waals surface area contributed by atoms with Gasteiger partial charge in [-0.15, -0.1) is 5.10 Å². The lowest BCUT2D eigenvalue weighted by molar-refractivity contribution is 0.0304. The van der Waals surface area contributed by atoms with Crippen LogP contribution in [0.2, 0.25) is 0 Å². The van der Waals surface area contributed by atoms with Gasteiger partial charge in [-0.25, -0.2) is 23.1 Å². The highest BCUT2D eigenvalue weighted by Gasteiger charge is 2.26. The van der Waals surface area contributed by atoms with Crippen molar-refractivity contribution >= 4 is 28.4 Å². The van der Waals surface area contributed by atoms with Gasteiger partial charge in [0.25, 0.3) is 12.3 Å². The molecular formula is C22H21F3N8O2. The molecule has 1 aliphatic rings. The number of nitrogens with one attached hydrogen (secondary N) is 1. The van der Waals surface area contributed by atoms with E-state index >= 15 is 0 Å². The molecule has 182 valence electrons. The maximum absolute atomic E-state index is 14.8. The van der Waals surface area contributed by atoms with Crippen LogP contribution in [0.25, 0.3) is 16.7 Å².